The first kappa shape index (κ1) is 36.2. The summed E-state index contributed by atoms with van der Waals surface area (Å²) in [6.45, 7) is 3.64. The molecule has 0 amide bonds. The fraction of sp³-hybridized carbons (Fsp3) is 0.478. The van der Waals surface area contributed by atoms with Crippen LogP contribution in [-0.2, 0) is 24.1 Å². The number of aryl methyl sites for hydroxylation is 1. The number of aliphatic hydroxyl groups is 2. The van der Waals surface area contributed by atoms with Crippen LogP contribution in [0.5, 0.6) is 11.5 Å². The number of nitrogens with one attached hydrogen (secondary N) is 2. The Kier molecular flexibility index (Phi) is 9.79. The lowest BCUT2D eigenvalue weighted by Gasteiger charge is -2.36. The molecule has 2 bridgehead atoms. The van der Waals surface area contributed by atoms with Gasteiger partial charge in [-0.3, -0.25) is 20.0 Å². The Morgan fingerprint density at radius 3 is 2.80 bits per heavy atom. The third kappa shape index (κ3) is 6.99. The van der Waals surface area contributed by atoms with Gasteiger partial charge in [0.2, 0.25) is 0 Å². The lowest BCUT2D eigenvalue weighted by atomic mass is 9.73. The SMILES string of the molecule is C[C@@H]1C=C[C@H]([C@@H](O)CC(=O)CCc2ccc3c(c2)O[C@@H]2[C@@H](C#C[C@H](O)c4ccc5c(c4CC4=C6C[NH+]2C=C6N=C4)CCN[C@H]5N)C2(C#CO3)CCCC2)CC1. The molecule has 5 aliphatic heterocycles. The molecule has 5 heterocycles. The summed E-state index contributed by atoms with van der Waals surface area (Å²) in [7, 11) is 0. The lowest BCUT2D eigenvalue weighted by Crippen LogP contribution is -3.12. The molecule has 0 radical (unpaired) electrons. The Balaban J connectivity index is 1.06. The highest BCUT2D eigenvalue weighted by atomic mass is 16.5. The molecule has 0 saturated heterocycles. The minimum Gasteiger partial charge on any atom is -0.437 e. The van der Waals surface area contributed by atoms with Crippen LogP contribution >= 0.6 is 0 Å². The monoisotopic (exact) mass is 739 g/mol. The molecule has 0 aromatic heterocycles. The van der Waals surface area contributed by atoms with Crippen LogP contribution < -0.4 is 25.4 Å². The molecule has 1 spiro atoms. The van der Waals surface area contributed by atoms with Crippen molar-refractivity contribution < 1.29 is 29.4 Å². The highest BCUT2D eigenvalue weighted by Gasteiger charge is 2.51. The number of ether oxygens (including phenoxy) is 2. The maximum absolute atomic E-state index is 13.1. The van der Waals surface area contributed by atoms with Gasteiger partial charge in [0, 0.05) is 43.5 Å². The van der Waals surface area contributed by atoms with Gasteiger partial charge >= 0.3 is 0 Å². The van der Waals surface area contributed by atoms with E-state index in [0.717, 1.165) is 89.9 Å². The Labute approximate surface area is 323 Å². The van der Waals surface area contributed by atoms with E-state index in [9.17, 15) is 15.0 Å². The highest BCUT2D eigenvalue weighted by molar-refractivity contribution is 5.87. The Morgan fingerprint density at radius 1 is 1.11 bits per heavy atom. The zero-order chi connectivity index (χ0) is 37.7. The second kappa shape index (κ2) is 14.9. The van der Waals surface area contributed by atoms with E-state index in [4.69, 9.17) is 20.2 Å². The minimum absolute atomic E-state index is 0.0371. The zero-order valence-electron chi connectivity index (χ0n) is 31.6. The molecule has 1 saturated carbocycles. The molecule has 284 valence electrons. The molecule has 1 unspecified atom stereocenters. The van der Waals surface area contributed by atoms with Crippen LogP contribution in [0.15, 0.2) is 70.5 Å². The van der Waals surface area contributed by atoms with Gasteiger partial charge in [0.25, 0.3) is 6.23 Å². The van der Waals surface area contributed by atoms with E-state index >= 15 is 0 Å². The van der Waals surface area contributed by atoms with Crippen molar-refractivity contribution >= 4 is 12.0 Å². The van der Waals surface area contributed by atoms with Gasteiger partial charge in [-0.2, -0.15) is 0 Å². The number of carbonyl (C=O) groups is 1. The molecule has 55 heavy (non-hydrogen) atoms. The number of ketones is 1. The van der Waals surface area contributed by atoms with E-state index in [1.807, 2.05) is 36.5 Å². The third-order valence-electron chi connectivity index (χ3n) is 13.1. The summed E-state index contributed by atoms with van der Waals surface area (Å²) < 4.78 is 13.3. The van der Waals surface area contributed by atoms with Crippen LogP contribution in [0.3, 0.4) is 0 Å². The van der Waals surface area contributed by atoms with Gasteiger partial charge < -0.3 is 25.4 Å². The molecular formula is C46H51N4O5+. The van der Waals surface area contributed by atoms with E-state index < -0.39 is 23.9 Å². The highest BCUT2D eigenvalue weighted by Crippen LogP contribution is 2.47. The first-order valence-corrected chi connectivity index (χ1v) is 20.3. The van der Waals surface area contributed by atoms with Gasteiger partial charge in [0.1, 0.15) is 42.4 Å². The summed E-state index contributed by atoms with van der Waals surface area (Å²) in [5.74, 6) is 11.8. The van der Waals surface area contributed by atoms with Crippen molar-refractivity contribution in [3.63, 3.8) is 0 Å². The molecule has 9 heteroatoms. The lowest BCUT2D eigenvalue weighted by molar-refractivity contribution is -0.891. The number of rotatable bonds is 6. The second-order valence-electron chi connectivity index (χ2n) is 16.7. The molecule has 6 N–H and O–H groups in total. The molecule has 2 aromatic rings. The number of aliphatic hydroxyl groups excluding tert-OH is 2. The Bertz CT molecular complexity index is 2140. The van der Waals surface area contributed by atoms with E-state index in [2.05, 4.69) is 54.5 Å². The predicted molar refractivity (Wildman–Crippen MR) is 210 cm³/mol. The number of hydrogen-bond donors (Lipinski definition) is 5. The maximum Gasteiger partial charge on any atom is 0.252 e. The molecule has 8 atom stereocenters. The fourth-order valence-corrected chi connectivity index (χ4v) is 9.90. The number of hydrogen-bond acceptors (Lipinski definition) is 8. The second-order valence-corrected chi connectivity index (χ2v) is 16.7. The summed E-state index contributed by atoms with van der Waals surface area (Å²) in [5, 5.41) is 26.1. The Morgan fingerprint density at radius 2 is 1.96 bits per heavy atom. The summed E-state index contributed by atoms with van der Waals surface area (Å²) >= 11 is 0. The van der Waals surface area contributed by atoms with Crippen molar-refractivity contribution in [1.82, 2.24) is 5.32 Å². The predicted octanol–water partition coefficient (Wildman–Crippen LogP) is 4.29. The van der Waals surface area contributed by atoms with Crippen molar-refractivity contribution in [2.45, 2.75) is 102 Å². The molecule has 2 aliphatic carbocycles. The molecule has 7 aliphatic rings. The normalized spacial score (nSPS) is 30.1. The quantitative estimate of drug-likeness (QED) is 0.221. The topological polar surface area (TPSA) is 131 Å². The van der Waals surface area contributed by atoms with Crippen LogP contribution in [0.2, 0.25) is 0 Å². The van der Waals surface area contributed by atoms with E-state index in [1.54, 1.807) is 0 Å². The van der Waals surface area contributed by atoms with Crippen LogP contribution in [-0.4, -0.2) is 47.6 Å². The van der Waals surface area contributed by atoms with E-state index in [0.29, 0.717) is 43.2 Å². The van der Waals surface area contributed by atoms with Crippen LogP contribution in [0.4, 0.5) is 0 Å². The van der Waals surface area contributed by atoms with Gasteiger partial charge in [0.15, 0.2) is 11.5 Å². The number of benzene rings is 2. The number of Topliss-reactive ketones (excluding diaryl/α,β-unsaturated/α-hetero) is 1. The maximum atomic E-state index is 13.1. The number of aliphatic imine (C=N–C) groups is 1. The molecular weight excluding hydrogens is 689 g/mol. The van der Waals surface area contributed by atoms with Gasteiger partial charge in [-0.05, 0) is 90.0 Å². The van der Waals surface area contributed by atoms with E-state index in [1.165, 1.54) is 11.1 Å². The fourth-order valence-electron chi connectivity index (χ4n) is 9.90. The largest absolute Gasteiger partial charge is 0.437 e. The number of fused-ring (bicyclic) bond motifs is 8. The van der Waals surface area contributed by atoms with Crippen molar-refractivity contribution in [3.8, 4) is 35.4 Å². The summed E-state index contributed by atoms with van der Waals surface area (Å²) in [5.41, 5.74) is 14.4. The first-order chi connectivity index (χ1) is 26.7. The smallest absolute Gasteiger partial charge is 0.252 e. The molecule has 1 fully saturated rings. The summed E-state index contributed by atoms with van der Waals surface area (Å²) in [6, 6.07) is 9.87. The van der Waals surface area contributed by atoms with Crippen LogP contribution in [0.25, 0.3) is 0 Å². The van der Waals surface area contributed by atoms with Crippen molar-refractivity contribution in [2.24, 2.45) is 33.9 Å². The summed E-state index contributed by atoms with van der Waals surface area (Å²) in [6.07, 6.45) is 17.3. The Hall–Kier alpha value is -4.48. The molecule has 2 aromatic carbocycles. The summed E-state index contributed by atoms with van der Waals surface area (Å²) in [4.78, 5) is 19.1. The molecule has 9 rings (SSSR count). The van der Waals surface area contributed by atoms with Crippen molar-refractivity contribution in [3.05, 3.63) is 93.3 Å². The minimum atomic E-state index is -1.01. The van der Waals surface area contributed by atoms with Crippen molar-refractivity contribution in [1.29, 1.82) is 0 Å². The van der Waals surface area contributed by atoms with Gasteiger partial charge in [-0.1, -0.05) is 67.9 Å². The number of carbonyl (C=O) groups excluding carboxylic acids is 1. The van der Waals surface area contributed by atoms with Crippen LogP contribution in [0, 0.1) is 47.0 Å². The average molecular weight is 740 g/mol. The number of nitrogens with two attached hydrogens (primary N) is 1. The number of quaternary nitrogens is 1. The number of allylic oxidation sites excluding steroid dienone is 2. The standard InChI is InChI=1S/C46H50N4O5/c1-28-4-8-30(9-5-28)41(53)24-32(51)10-6-29-7-15-42-43(22-29)55-45-38(46(19-21-54-42)17-2-3-18-46)13-14-40(52)34-11-12-35-33(16-20-48-44(35)47)36(34)23-31-25-49-39-27-50(45)26-37(31)39/h4,7-8,11-12,15,22,25,27-28,30,38,40-41,44-45,48,52-53H,2-3,5-6,9-10,16-18,20,23-24,26,47H2,1H3/p+1/t28-,30+,38-,40+,41+,44-,45-/m1/s1. The van der Waals surface area contributed by atoms with Gasteiger partial charge in [0.05, 0.1) is 17.7 Å². The third-order valence-corrected chi connectivity index (χ3v) is 13.1. The van der Waals surface area contributed by atoms with Gasteiger partial charge in [-0.15, -0.1) is 0 Å². The molecule has 9 nitrogen and oxygen atoms in total. The van der Waals surface area contributed by atoms with E-state index in [-0.39, 0.29) is 30.2 Å². The number of nitrogens with zero attached hydrogens (tertiary/aromatic N) is 1. The zero-order valence-corrected chi connectivity index (χ0v) is 31.6. The first-order valence-electron chi connectivity index (χ1n) is 20.3. The van der Waals surface area contributed by atoms with Gasteiger partial charge in [-0.25, -0.2) is 0 Å². The van der Waals surface area contributed by atoms with Crippen LogP contribution in [0.1, 0.15) is 98.4 Å². The van der Waals surface area contributed by atoms with Crippen molar-refractivity contribution in [2.75, 3.05) is 13.1 Å². The average Bonchev–Trinajstić information content (AvgIpc) is 3.93.